The minimum atomic E-state index is -4.73. The Morgan fingerprint density at radius 1 is 0.886 bits per heavy atom. The lowest BCUT2D eigenvalue weighted by molar-refractivity contribution is -0.274. The van der Waals surface area contributed by atoms with Crippen LogP contribution >= 0.6 is 0 Å². The van der Waals surface area contributed by atoms with Crippen LogP contribution in [-0.4, -0.2) is 53.2 Å². The van der Waals surface area contributed by atoms with Crippen LogP contribution < -0.4 is 9.47 Å². The highest BCUT2D eigenvalue weighted by Gasteiger charge is 2.31. The quantitative estimate of drug-likeness (QED) is 0.472. The fraction of sp³-hybridized carbons (Fsp3) is 0.308. The van der Waals surface area contributed by atoms with Crippen molar-refractivity contribution in [2.24, 2.45) is 0 Å². The van der Waals surface area contributed by atoms with Gasteiger partial charge in [-0.05, 0) is 47.0 Å². The number of amides is 1. The van der Waals surface area contributed by atoms with Crippen molar-refractivity contribution in [3.8, 4) is 11.5 Å². The maximum absolute atomic E-state index is 12.6. The summed E-state index contributed by atoms with van der Waals surface area (Å²) in [5, 5.41) is 0. The second-order valence-electron chi connectivity index (χ2n) is 8.33. The van der Waals surface area contributed by atoms with Crippen LogP contribution in [0.3, 0.4) is 0 Å². The highest BCUT2D eigenvalue weighted by atomic mass is 19.4. The van der Waals surface area contributed by atoms with Gasteiger partial charge in [-0.15, -0.1) is 13.2 Å². The molecule has 9 heteroatoms. The molecule has 0 spiro atoms. The van der Waals surface area contributed by atoms with Gasteiger partial charge in [0.25, 0.3) is 0 Å². The number of aromatic nitrogens is 1. The summed E-state index contributed by atoms with van der Waals surface area (Å²) in [6.45, 7) is 3.73. The Kier molecular flexibility index (Phi) is 7.87. The van der Waals surface area contributed by atoms with E-state index in [0.29, 0.717) is 30.8 Å². The summed E-state index contributed by atoms with van der Waals surface area (Å²) in [5.74, 6) is 0.470. The molecule has 1 fully saturated rings. The van der Waals surface area contributed by atoms with Gasteiger partial charge in [-0.25, -0.2) is 0 Å². The molecule has 1 aromatic heterocycles. The van der Waals surface area contributed by atoms with Gasteiger partial charge in [0, 0.05) is 45.1 Å². The zero-order chi connectivity index (χ0) is 24.7. The van der Waals surface area contributed by atoms with E-state index in [4.69, 9.17) is 4.74 Å². The largest absolute Gasteiger partial charge is 0.573 e. The molecule has 1 amide bonds. The Morgan fingerprint density at radius 3 is 2.29 bits per heavy atom. The molecule has 35 heavy (non-hydrogen) atoms. The molecule has 1 aliphatic rings. The van der Waals surface area contributed by atoms with Crippen molar-refractivity contribution >= 4 is 5.91 Å². The number of halogens is 3. The van der Waals surface area contributed by atoms with Crippen LogP contribution in [0.15, 0.2) is 73.1 Å². The second-order valence-corrected chi connectivity index (χ2v) is 8.33. The number of nitrogens with zero attached hydrogens (tertiary/aromatic N) is 3. The fourth-order valence-electron chi connectivity index (χ4n) is 3.94. The molecule has 184 valence electrons. The Labute approximate surface area is 201 Å². The Bertz CT molecular complexity index is 1120. The van der Waals surface area contributed by atoms with Crippen LogP contribution in [0.5, 0.6) is 11.5 Å². The molecule has 0 atom stereocenters. The van der Waals surface area contributed by atoms with Gasteiger partial charge < -0.3 is 14.4 Å². The average molecular weight is 486 g/mol. The van der Waals surface area contributed by atoms with Crippen LogP contribution in [0.1, 0.15) is 16.7 Å². The minimum absolute atomic E-state index is 0.109. The number of benzene rings is 2. The van der Waals surface area contributed by atoms with Gasteiger partial charge in [-0.3, -0.25) is 14.7 Å². The number of hydrogen-bond acceptors (Lipinski definition) is 5. The summed E-state index contributed by atoms with van der Waals surface area (Å²) in [4.78, 5) is 20.8. The monoisotopic (exact) mass is 485 g/mol. The predicted octanol–water partition coefficient (Wildman–Crippen LogP) is 4.45. The van der Waals surface area contributed by atoms with Crippen LogP contribution in [0.25, 0.3) is 0 Å². The van der Waals surface area contributed by atoms with Crippen molar-refractivity contribution in [2.75, 3.05) is 26.2 Å². The number of alkyl halides is 3. The summed E-state index contributed by atoms with van der Waals surface area (Å²) < 4.78 is 47.1. The third-order valence-electron chi connectivity index (χ3n) is 5.65. The third-order valence-corrected chi connectivity index (χ3v) is 5.65. The van der Waals surface area contributed by atoms with Crippen LogP contribution in [0.4, 0.5) is 13.2 Å². The van der Waals surface area contributed by atoms with Crippen LogP contribution in [-0.2, 0) is 24.4 Å². The first kappa shape index (κ1) is 24.5. The van der Waals surface area contributed by atoms with Gasteiger partial charge >= 0.3 is 6.36 Å². The Hall–Kier alpha value is -3.59. The number of ether oxygens (including phenoxy) is 2. The SMILES string of the molecule is O=C(Cc1cccnc1)N1CCN(Cc2cccc(OCc3cccc(OC(F)(F)F)c3)c2)CC1. The van der Waals surface area contributed by atoms with Crippen molar-refractivity contribution < 1.29 is 27.4 Å². The molecule has 0 aliphatic carbocycles. The highest BCUT2D eigenvalue weighted by Crippen LogP contribution is 2.24. The van der Waals surface area contributed by atoms with Gasteiger partial charge in [0.1, 0.15) is 18.1 Å². The normalized spacial score (nSPS) is 14.5. The Balaban J connectivity index is 1.25. The number of carbonyl (C=O) groups excluding carboxylic acids is 1. The van der Waals surface area contributed by atoms with E-state index in [2.05, 4.69) is 14.6 Å². The van der Waals surface area contributed by atoms with E-state index in [0.717, 1.165) is 30.8 Å². The predicted molar refractivity (Wildman–Crippen MR) is 124 cm³/mol. The summed E-state index contributed by atoms with van der Waals surface area (Å²) in [6.07, 6.45) is -0.960. The summed E-state index contributed by atoms with van der Waals surface area (Å²) in [7, 11) is 0. The van der Waals surface area contributed by atoms with Gasteiger partial charge in [0.2, 0.25) is 5.91 Å². The number of carbonyl (C=O) groups is 1. The van der Waals surface area contributed by atoms with Crippen molar-refractivity contribution in [2.45, 2.75) is 25.9 Å². The van der Waals surface area contributed by atoms with E-state index >= 15 is 0 Å². The molecule has 1 aliphatic heterocycles. The maximum atomic E-state index is 12.6. The van der Waals surface area contributed by atoms with Crippen LogP contribution in [0.2, 0.25) is 0 Å². The van der Waals surface area contributed by atoms with Gasteiger partial charge in [0.05, 0.1) is 6.42 Å². The van der Waals surface area contributed by atoms with Crippen molar-refractivity contribution in [1.82, 2.24) is 14.8 Å². The van der Waals surface area contributed by atoms with Crippen LogP contribution in [0, 0.1) is 0 Å². The summed E-state index contributed by atoms with van der Waals surface area (Å²) in [5.41, 5.74) is 2.55. The van der Waals surface area contributed by atoms with E-state index in [1.165, 1.54) is 18.2 Å². The molecule has 1 saturated heterocycles. The number of hydrogen-bond donors (Lipinski definition) is 0. The van der Waals surface area contributed by atoms with E-state index < -0.39 is 6.36 Å². The number of pyridine rings is 1. The molecule has 2 aromatic carbocycles. The molecule has 0 bridgehead atoms. The van der Waals surface area contributed by atoms with E-state index in [9.17, 15) is 18.0 Å². The summed E-state index contributed by atoms with van der Waals surface area (Å²) >= 11 is 0. The lowest BCUT2D eigenvalue weighted by Crippen LogP contribution is -2.48. The fourth-order valence-corrected chi connectivity index (χ4v) is 3.94. The first-order valence-electron chi connectivity index (χ1n) is 11.3. The number of rotatable bonds is 8. The summed E-state index contributed by atoms with van der Waals surface area (Å²) in [6, 6.07) is 17.1. The number of piperazine rings is 1. The van der Waals surface area contributed by atoms with E-state index in [1.54, 1.807) is 18.5 Å². The lowest BCUT2D eigenvalue weighted by atomic mass is 10.1. The highest BCUT2D eigenvalue weighted by molar-refractivity contribution is 5.78. The Morgan fingerprint density at radius 2 is 1.57 bits per heavy atom. The standard InChI is InChI=1S/C26H26F3N3O3/c27-26(28,29)35-24-8-2-5-22(15-24)19-34-23-7-1-4-21(14-23)18-31-10-12-32(13-11-31)25(33)16-20-6-3-9-30-17-20/h1-9,14-15,17H,10-13,16,18-19H2. The zero-order valence-electron chi connectivity index (χ0n) is 19.1. The molecule has 0 unspecified atom stereocenters. The van der Waals surface area contributed by atoms with Crippen molar-refractivity contribution in [3.05, 3.63) is 89.7 Å². The minimum Gasteiger partial charge on any atom is -0.489 e. The molecule has 6 nitrogen and oxygen atoms in total. The zero-order valence-corrected chi connectivity index (χ0v) is 19.1. The molecule has 0 saturated carbocycles. The third kappa shape index (κ3) is 7.71. The van der Waals surface area contributed by atoms with Gasteiger partial charge in [0.15, 0.2) is 0 Å². The van der Waals surface area contributed by atoms with E-state index in [1.807, 2.05) is 41.3 Å². The molecule has 4 rings (SSSR count). The van der Waals surface area contributed by atoms with Crippen molar-refractivity contribution in [3.63, 3.8) is 0 Å². The molecule has 2 heterocycles. The maximum Gasteiger partial charge on any atom is 0.573 e. The van der Waals surface area contributed by atoms with Crippen molar-refractivity contribution in [1.29, 1.82) is 0 Å². The average Bonchev–Trinajstić information content (AvgIpc) is 2.83. The molecule has 0 N–H and O–H groups in total. The second kappa shape index (κ2) is 11.2. The molecular weight excluding hydrogens is 459 g/mol. The van der Waals surface area contributed by atoms with Gasteiger partial charge in [-0.2, -0.15) is 0 Å². The first-order chi connectivity index (χ1) is 16.8. The molecule has 3 aromatic rings. The van der Waals surface area contributed by atoms with Gasteiger partial charge in [-0.1, -0.05) is 30.3 Å². The first-order valence-corrected chi connectivity index (χ1v) is 11.3. The lowest BCUT2D eigenvalue weighted by Gasteiger charge is -2.34. The van der Waals surface area contributed by atoms with E-state index in [-0.39, 0.29) is 18.3 Å². The molecular formula is C26H26F3N3O3. The topological polar surface area (TPSA) is 54.9 Å². The molecule has 0 radical (unpaired) electrons. The smallest absolute Gasteiger partial charge is 0.489 e.